The van der Waals surface area contributed by atoms with Gasteiger partial charge in [0.1, 0.15) is 0 Å². The molecule has 1 aromatic heterocycles. The summed E-state index contributed by atoms with van der Waals surface area (Å²) in [4.78, 5) is 8.63. The molecule has 0 bridgehead atoms. The zero-order chi connectivity index (χ0) is 10.6. The fraction of sp³-hybridized carbons (Fsp3) is 0.444. The van der Waals surface area contributed by atoms with Gasteiger partial charge in [-0.15, -0.1) is 0 Å². The maximum absolute atomic E-state index is 6.02. The van der Waals surface area contributed by atoms with E-state index in [2.05, 4.69) is 9.82 Å². The van der Waals surface area contributed by atoms with Gasteiger partial charge in [-0.25, -0.2) is 10.9 Å². The quantitative estimate of drug-likeness (QED) is 0.779. The van der Waals surface area contributed by atoms with Crippen molar-refractivity contribution in [3.8, 4) is 5.88 Å². The van der Waals surface area contributed by atoms with Crippen LogP contribution in [0.2, 0.25) is 5.02 Å². The van der Waals surface area contributed by atoms with E-state index in [1.54, 1.807) is 19.4 Å². The Morgan fingerprint density at radius 3 is 2.93 bits per heavy atom. The monoisotopic (exact) mass is 216 g/mol. The lowest BCUT2D eigenvalue weighted by atomic mass is 10.0. The van der Waals surface area contributed by atoms with Crippen molar-refractivity contribution in [1.29, 1.82) is 0 Å². The molecule has 0 aromatic carbocycles. The minimum Gasteiger partial charge on any atom is -0.481 e. The average molecular weight is 217 g/mol. The summed E-state index contributed by atoms with van der Waals surface area (Å²) < 4.78 is 5.10. The predicted molar refractivity (Wildman–Crippen MR) is 54.4 cm³/mol. The summed E-state index contributed by atoms with van der Waals surface area (Å²) in [6.07, 6.45) is 1.60. The van der Waals surface area contributed by atoms with Crippen LogP contribution in [0.5, 0.6) is 5.88 Å². The van der Waals surface area contributed by atoms with Crippen LogP contribution in [0.25, 0.3) is 0 Å². The van der Waals surface area contributed by atoms with Crippen molar-refractivity contribution in [3.63, 3.8) is 0 Å². The third-order valence-corrected chi connectivity index (χ3v) is 2.26. The van der Waals surface area contributed by atoms with Gasteiger partial charge >= 0.3 is 0 Å². The average Bonchev–Trinajstić information content (AvgIpc) is 2.17. The van der Waals surface area contributed by atoms with E-state index < -0.39 is 0 Å². The highest BCUT2D eigenvalue weighted by Crippen LogP contribution is 2.31. The molecule has 1 heterocycles. The normalized spacial score (nSPS) is 12.6. The highest BCUT2D eigenvalue weighted by Gasteiger charge is 2.16. The number of halogens is 1. The molecule has 14 heavy (non-hydrogen) atoms. The van der Waals surface area contributed by atoms with E-state index >= 15 is 0 Å². The Balaban J connectivity index is 3.03. The SMILES string of the molecule is COc1nccc(Cl)c1C(C)CON. The Bertz CT molecular complexity index is 307. The fourth-order valence-electron chi connectivity index (χ4n) is 1.27. The largest absolute Gasteiger partial charge is 0.481 e. The molecule has 0 amide bonds. The van der Waals surface area contributed by atoms with Crippen molar-refractivity contribution < 1.29 is 9.57 Å². The van der Waals surface area contributed by atoms with E-state index in [1.165, 1.54) is 0 Å². The van der Waals surface area contributed by atoms with Crippen molar-refractivity contribution in [2.24, 2.45) is 5.90 Å². The number of ether oxygens (including phenoxy) is 1. The van der Waals surface area contributed by atoms with Crippen LogP contribution < -0.4 is 10.6 Å². The fourth-order valence-corrected chi connectivity index (χ4v) is 1.59. The van der Waals surface area contributed by atoms with Crippen LogP contribution in [-0.2, 0) is 4.84 Å². The van der Waals surface area contributed by atoms with Crippen molar-refractivity contribution in [3.05, 3.63) is 22.8 Å². The first-order valence-electron chi connectivity index (χ1n) is 4.20. The van der Waals surface area contributed by atoms with Gasteiger partial charge in [0.05, 0.1) is 18.7 Å². The van der Waals surface area contributed by atoms with E-state index in [4.69, 9.17) is 22.2 Å². The lowest BCUT2D eigenvalue weighted by Crippen LogP contribution is -2.10. The second kappa shape index (κ2) is 5.14. The molecule has 1 atom stereocenters. The Labute approximate surface area is 87.9 Å². The molecular formula is C9H13ClN2O2. The van der Waals surface area contributed by atoms with Gasteiger partial charge in [-0.3, -0.25) is 0 Å². The van der Waals surface area contributed by atoms with Gasteiger partial charge in [0.25, 0.3) is 0 Å². The van der Waals surface area contributed by atoms with E-state index in [0.29, 0.717) is 17.5 Å². The molecule has 78 valence electrons. The molecule has 0 fully saturated rings. The van der Waals surface area contributed by atoms with Crippen LogP contribution in [0.3, 0.4) is 0 Å². The summed E-state index contributed by atoms with van der Waals surface area (Å²) in [5, 5.41) is 0.612. The first kappa shape index (κ1) is 11.2. The molecule has 0 spiro atoms. The maximum Gasteiger partial charge on any atom is 0.218 e. The maximum atomic E-state index is 6.02. The number of hydrogen-bond acceptors (Lipinski definition) is 4. The number of nitrogens with two attached hydrogens (primary N) is 1. The smallest absolute Gasteiger partial charge is 0.218 e. The van der Waals surface area contributed by atoms with E-state index in [1.807, 2.05) is 6.92 Å². The van der Waals surface area contributed by atoms with Crippen molar-refractivity contribution in [1.82, 2.24) is 4.98 Å². The molecule has 1 rings (SSSR count). The minimum atomic E-state index is 0.0520. The lowest BCUT2D eigenvalue weighted by molar-refractivity contribution is 0.126. The van der Waals surface area contributed by atoms with Crippen LogP contribution in [0, 0.1) is 0 Å². The minimum absolute atomic E-state index is 0.0520. The topological polar surface area (TPSA) is 57.4 Å². The van der Waals surface area contributed by atoms with Gasteiger partial charge in [-0.05, 0) is 6.07 Å². The van der Waals surface area contributed by atoms with Crippen molar-refractivity contribution in [2.45, 2.75) is 12.8 Å². The molecule has 0 radical (unpaired) electrons. The van der Waals surface area contributed by atoms with E-state index in [9.17, 15) is 0 Å². The van der Waals surface area contributed by atoms with Crippen LogP contribution in [0.4, 0.5) is 0 Å². The third kappa shape index (κ3) is 2.35. The molecule has 1 unspecified atom stereocenters. The number of nitrogens with zero attached hydrogens (tertiary/aromatic N) is 1. The second-order valence-electron chi connectivity index (χ2n) is 2.95. The molecule has 0 aliphatic carbocycles. The van der Waals surface area contributed by atoms with Gasteiger partial charge in [0.2, 0.25) is 5.88 Å². The molecule has 2 N–H and O–H groups in total. The number of aromatic nitrogens is 1. The highest BCUT2D eigenvalue weighted by atomic mass is 35.5. The number of rotatable bonds is 4. The molecular weight excluding hydrogens is 204 g/mol. The van der Waals surface area contributed by atoms with E-state index in [-0.39, 0.29) is 5.92 Å². The summed E-state index contributed by atoms with van der Waals surface area (Å²) >= 11 is 6.02. The summed E-state index contributed by atoms with van der Waals surface area (Å²) in [7, 11) is 1.55. The van der Waals surface area contributed by atoms with Crippen molar-refractivity contribution in [2.75, 3.05) is 13.7 Å². The van der Waals surface area contributed by atoms with Gasteiger partial charge in [0.15, 0.2) is 0 Å². The zero-order valence-electron chi connectivity index (χ0n) is 8.16. The Morgan fingerprint density at radius 1 is 1.64 bits per heavy atom. The lowest BCUT2D eigenvalue weighted by Gasteiger charge is -2.14. The number of hydrogen-bond donors (Lipinski definition) is 1. The first-order chi connectivity index (χ1) is 6.70. The summed E-state index contributed by atoms with van der Waals surface area (Å²) in [6.45, 7) is 2.32. The molecule has 0 saturated heterocycles. The van der Waals surface area contributed by atoms with Gasteiger partial charge < -0.3 is 9.57 Å². The van der Waals surface area contributed by atoms with Gasteiger partial charge in [-0.2, -0.15) is 0 Å². The van der Waals surface area contributed by atoms with Crippen LogP contribution in [-0.4, -0.2) is 18.7 Å². The standard InChI is InChI=1S/C9H13ClN2O2/c1-6(5-14-11)8-7(10)3-4-12-9(8)13-2/h3-4,6H,5,11H2,1-2H3. The van der Waals surface area contributed by atoms with E-state index in [0.717, 1.165) is 5.56 Å². The molecule has 0 aliphatic heterocycles. The number of pyridine rings is 1. The molecule has 5 heteroatoms. The summed E-state index contributed by atoms with van der Waals surface area (Å²) in [5.74, 6) is 5.57. The predicted octanol–water partition coefficient (Wildman–Crippen LogP) is 1.74. The molecule has 4 nitrogen and oxygen atoms in total. The summed E-state index contributed by atoms with van der Waals surface area (Å²) in [6, 6.07) is 1.71. The van der Waals surface area contributed by atoms with Gasteiger partial charge in [-0.1, -0.05) is 18.5 Å². The van der Waals surface area contributed by atoms with Crippen molar-refractivity contribution >= 4 is 11.6 Å². The zero-order valence-corrected chi connectivity index (χ0v) is 8.91. The first-order valence-corrected chi connectivity index (χ1v) is 4.58. The molecule has 0 saturated carbocycles. The van der Waals surface area contributed by atoms with Crippen LogP contribution >= 0.6 is 11.6 Å². The highest BCUT2D eigenvalue weighted by molar-refractivity contribution is 6.31. The third-order valence-electron chi connectivity index (χ3n) is 1.93. The summed E-state index contributed by atoms with van der Waals surface area (Å²) in [5.41, 5.74) is 0.821. The van der Waals surface area contributed by atoms with Crippen LogP contribution in [0.15, 0.2) is 12.3 Å². The Hall–Kier alpha value is -0.840. The molecule has 0 aliphatic rings. The Kier molecular flexibility index (Phi) is 4.13. The molecule has 1 aromatic rings. The number of methoxy groups -OCH3 is 1. The Morgan fingerprint density at radius 2 is 2.36 bits per heavy atom. The van der Waals surface area contributed by atoms with Crippen LogP contribution in [0.1, 0.15) is 18.4 Å². The second-order valence-corrected chi connectivity index (χ2v) is 3.36. The van der Waals surface area contributed by atoms with Gasteiger partial charge in [0, 0.05) is 17.7 Å².